The van der Waals surface area contributed by atoms with E-state index in [0.717, 1.165) is 61.0 Å². The molecule has 0 atom stereocenters. The smallest absolute Gasteiger partial charge is 0.227 e. The van der Waals surface area contributed by atoms with Crippen LogP contribution in [0.1, 0.15) is 0 Å². The molecule has 0 unspecified atom stereocenters. The highest BCUT2D eigenvalue weighted by atomic mass is 16.4. The van der Waals surface area contributed by atoms with Crippen molar-refractivity contribution in [2.45, 2.75) is 0 Å². The van der Waals surface area contributed by atoms with E-state index < -0.39 is 0 Å². The minimum atomic E-state index is 0.595. The van der Waals surface area contributed by atoms with Gasteiger partial charge in [-0.3, -0.25) is 0 Å². The van der Waals surface area contributed by atoms with E-state index in [1.165, 1.54) is 32.8 Å². The molecule has 2 heterocycles. The molecule has 0 N–H and O–H groups in total. The highest BCUT2D eigenvalue weighted by Crippen LogP contribution is 2.47. The Morgan fingerprint density at radius 1 is 0.382 bits per heavy atom. The number of furan rings is 1. The number of anilines is 3. The van der Waals surface area contributed by atoms with Crippen LogP contribution in [0.25, 0.3) is 88.3 Å². The molecule has 4 nitrogen and oxygen atoms in total. The summed E-state index contributed by atoms with van der Waals surface area (Å²) < 4.78 is 13.1. The van der Waals surface area contributed by atoms with Crippen LogP contribution in [-0.2, 0) is 0 Å². The Bertz CT molecular complexity index is 3190. The first kappa shape index (κ1) is 31.1. The Balaban J connectivity index is 1.13. The lowest BCUT2D eigenvalue weighted by atomic mass is 9.93. The molecule has 258 valence electrons. The summed E-state index contributed by atoms with van der Waals surface area (Å²) >= 11 is 0. The van der Waals surface area contributed by atoms with Gasteiger partial charge in [0.05, 0.1) is 11.4 Å². The van der Waals surface area contributed by atoms with Crippen LogP contribution in [0.15, 0.2) is 203 Å². The Kier molecular flexibility index (Phi) is 7.14. The summed E-state index contributed by atoms with van der Waals surface area (Å²) in [5, 5.41) is 6.79. The minimum Gasteiger partial charge on any atom is -0.454 e. The summed E-state index contributed by atoms with van der Waals surface area (Å²) in [6, 6.07) is 68.2. The fourth-order valence-corrected chi connectivity index (χ4v) is 8.10. The van der Waals surface area contributed by atoms with E-state index in [4.69, 9.17) is 13.8 Å². The fraction of sp³-hybridized carbons (Fsp3) is 0. The van der Waals surface area contributed by atoms with Gasteiger partial charge in [-0.05, 0) is 80.9 Å². The number of nitrogens with zero attached hydrogens (tertiary/aromatic N) is 2. The third kappa shape index (κ3) is 5.19. The van der Waals surface area contributed by atoms with Crippen LogP contribution in [0.2, 0.25) is 0 Å². The van der Waals surface area contributed by atoms with Gasteiger partial charge in [-0.25, -0.2) is 4.98 Å². The van der Waals surface area contributed by atoms with E-state index in [9.17, 15) is 0 Å². The molecular weight excluding hydrogens is 673 g/mol. The minimum absolute atomic E-state index is 0.595. The molecule has 0 saturated heterocycles. The first-order valence-corrected chi connectivity index (χ1v) is 18.5. The molecule has 4 heteroatoms. The molecule has 0 radical (unpaired) electrons. The number of oxazole rings is 1. The van der Waals surface area contributed by atoms with E-state index in [-0.39, 0.29) is 0 Å². The number of aromatic nitrogens is 1. The summed E-state index contributed by atoms with van der Waals surface area (Å²) in [4.78, 5) is 7.21. The number of benzene rings is 9. The van der Waals surface area contributed by atoms with Gasteiger partial charge < -0.3 is 13.7 Å². The van der Waals surface area contributed by atoms with Crippen molar-refractivity contribution in [2.24, 2.45) is 0 Å². The van der Waals surface area contributed by atoms with Crippen molar-refractivity contribution in [1.29, 1.82) is 0 Å². The quantitative estimate of drug-likeness (QED) is 0.173. The maximum Gasteiger partial charge on any atom is 0.227 e. The molecule has 0 amide bonds. The standard InChI is InChI=1S/C51H32N2O2/c1-3-13-33(14-4-1)34-25-27-37(28-26-34)53(46-30-29-41(40-20-9-10-21-42(40)46)39-22-11-18-35-15-7-8-19-38(35)39)47-24-12-23-43-44-31-45-49(32-48(44)54-50(43)47)55-51(52-45)36-16-5-2-6-17-36/h1-32H. The lowest BCUT2D eigenvalue weighted by Crippen LogP contribution is -2.11. The molecule has 0 aliphatic carbocycles. The first-order chi connectivity index (χ1) is 27.3. The third-order valence-corrected chi connectivity index (χ3v) is 10.7. The Morgan fingerprint density at radius 3 is 1.84 bits per heavy atom. The Labute approximate surface area is 317 Å². The molecule has 11 rings (SSSR count). The molecule has 55 heavy (non-hydrogen) atoms. The van der Waals surface area contributed by atoms with Gasteiger partial charge in [-0.15, -0.1) is 0 Å². The van der Waals surface area contributed by atoms with Gasteiger partial charge in [0, 0.05) is 33.5 Å². The lowest BCUT2D eigenvalue weighted by Gasteiger charge is -2.28. The predicted molar refractivity (Wildman–Crippen MR) is 227 cm³/mol. The van der Waals surface area contributed by atoms with Crippen LogP contribution in [-0.4, -0.2) is 4.98 Å². The van der Waals surface area contributed by atoms with Crippen molar-refractivity contribution in [3.05, 3.63) is 194 Å². The van der Waals surface area contributed by atoms with E-state index in [1.54, 1.807) is 0 Å². The second-order valence-electron chi connectivity index (χ2n) is 13.9. The zero-order valence-corrected chi connectivity index (χ0v) is 29.7. The average Bonchev–Trinajstić information content (AvgIpc) is 3.85. The number of hydrogen-bond donors (Lipinski definition) is 0. The van der Waals surface area contributed by atoms with E-state index >= 15 is 0 Å². The Morgan fingerprint density at radius 2 is 1.02 bits per heavy atom. The van der Waals surface area contributed by atoms with Gasteiger partial charge in [0.1, 0.15) is 11.1 Å². The normalized spacial score (nSPS) is 11.6. The van der Waals surface area contributed by atoms with Gasteiger partial charge in [-0.2, -0.15) is 0 Å². The van der Waals surface area contributed by atoms with Gasteiger partial charge >= 0.3 is 0 Å². The van der Waals surface area contributed by atoms with E-state index in [1.807, 2.05) is 36.4 Å². The Hall–Kier alpha value is -7.43. The molecule has 2 aromatic heterocycles. The number of fused-ring (bicyclic) bond motifs is 6. The molecule has 0 bridgehead atoms. The molecule has 0 spiro atoms. The summed E-state index contributed by atoms with van der Waals surface area (Å²) in [6.07, 6.45) is 0. The summed E-state index contributed by atoms with van der Waals surface area (Å²) in [7, 11) is 0. The highest BCUT2D eigenvalue weighted by Gasteiger charge is 2.23. The highest BCUT2D eigenvalue weighted by molar-refractivity contribution is 6.15. The summed E-state index contributed by atoms with van der Waals surface area (Å²) in [6.45, 7) is 0. The average molecular weight is 705 g/mol. The van der Waals surface area contributed by atoms with Crippen LogP contribution in [0.4, 0.5) is 17.1 Å². The first-order valence-electron chi connectivity index (χ1n) is 18.5. The topological polar surface area (TPSA) is 42.4 Å². The lowest BCUT2D eigenvalue weighted by molar-refractivity contribution is 0.617. The van der Waals surface area contributed by atoms with Crippen molar-refractivity contribution in [3.63, 3.8) is 0 Å². The number of rotatable bonds is 6. The van der Waals surface area contributed by atoms with Crippen molar-refractivity contribution >= 4 is 71.6 Å². The SMILES string of the molecule is c1ccc(-c2ccc(N(c3ccc(-c4cccc5ccccc45)c4ccccc34)c3cccc4c3oc3cc5oc(-c6ccccc6)nc5cc34)cc2)cc1. The largest absolute Gasteiger partial charge is 0.454 e. The number of para-hydroxylation sites is 1. The second kappa shape index (κ2) is 12.6. The van der Waals surface area contributed by atoms with Crippen molar-refractivity contribution in [1.82, 2.24) is 4.98 Å². The van der Waals surface area contributed by atoms with E-state index in [2.05, 4.69) is 163 Å². The van der Waals surface area contributed by atoms with Crippen molar-refractivity contribution in [3.8, 4) is 33.7 Å². The maximum absolute atomic E-state index is 6.85. The molecular formula is C51H32N2O2. The fourth-order valence-electron chi connectivity index (χ4n) is 8.10. The zero-order valence-electron chi connectivity index (χ0n) is 29.7. The molecule has 0 aliphatic rings. The van der Waals surface area contributed by atoms with Gasteiger partial charge in [-0.1, -0.05) is 146 Å². The molecule has 9 aromatic carbocycles. The van der Waals surface area contributed by atoms with Crippen molar-refractivity contribution < 1.29 is 8.83 Å². The third-order valence-electron chi connectivity index (χ3n) is 10.7. The van der Waals surface area contributed by atoms with Gasteiger partial charge in [0.15, 0.2) is 11.2 Å². The summed E-state index contributed by atoms with van der Waals surface area (Å²) in [5.74, 6) is 0.595. The molecule has 11 aromatic rings. The van der Waals surface area contributed by atoms with Gasteiger partial charge in [0.2, 0.25) is 5.89 Å². The molecule has 0 fully saturated rings. The van der Waals surface area contributed by atoms with Crippen molar-refractivity contribution in [2.75, 3.05) is 4.90 Å². The molecule has 0 aliphatic heterocycles. The van der Waals surface area contributed by atoms with Crippen LogP contribution in [0.3, 0.4) is 0 Å². The maximum atomic E-state index is 6.85. The van der Waals surface area contributed by atoms with Gasteiger partial charge in [0.25, 0.3) is 0 Å². The molecule has 0 saturated carbocycles. The zero-order chi connectivity index (χ0) is 36.3. The number of hydrogen-bond acceptors (Lipinski definition) is 4. The summed E-state index contributed by atoms with van der Waals surface area (Å²) in [5.41, 5.74) is 11.7. The predicted octanol–water partition coefficient (Wildman–Crippen LogP) is 14.5. The van der Waals surface area contributed by atoms with Crippen LogP contribution < -0.4 is 4.90 Å². The second-order valence-corrected chi connectivity index (χ2v) is 13.9. The monoisotopic (exact) mass is 704 g/mol. The van der Waals surface area contributed by atoms with Crippen LogP contribution in [0, 0.1) is 0 Å². The van der Waals surface area contributed by atoms with E-state index in [0.29, 0.717) is 11.5 Å². The van der Waals surface area contributed by atoms with Crippen LogP contribution in [0.5, 0.6) is 0 Å². The van der Waals surface area contributed by atoms with Crippen LogP contribution >= 0.6 is 0 Å².